The highest BCUT2D eigenvalue weighted by Gasteiger charge is 2.18. The Labute approximate surface area is 99.5 Å². The van der Waals surface area contributed by atoms with Crippen molar-refractivity contribution in [1.29, 1.82) is 0 Å². The standard InChI is InChI=1S/C13H26N2O/c1-12-11-14-7-8-15(12)9-10-16-13-5-3-2-4-6-13/h12-14H,2-11H2,1H3. The molecule has 0 amide bonds. The van der Waals surface area contributed by atoms with Crippen LogP contribution >= 0.6 is 0 Å². The Kier molecular flexibility index (Phi) is 5.07. The summed E-state index contributed by atoms with van der Waals surface area (Å²) < 4.78 is 5.97. The van der Waals surface area contributed by atoms with Crippen molar-refractivity contribution < 1.29 is 4.74 Å². The molecule has 16 heavy (non-hydrogen) atoms. The largest absolute Gasteiger partial charge is 0.377 e. The molecule has 2 aliphatic rings. The van der Waals surface area contributed by atoms with Crippen LogP contribution in [0.25, 0.3) is 0 Å². The van der Waals surface area contributed by atoms with Crippen LogP contribution < -0.4 is 5.32 Å². The molecule has 0 spiro atoms. The van der Waals surface area contributed by atoms with Gasteiger partial charge in [0.05, 0.1) is 12.7 Å². The molecule has 1 unspecified atom stereocenters. The van der Waals surface area contributed by atoms with E-state index in [2.05, 4.69) is 17.1 Å². The van der Waals surface area contributed by atoms with E-state index in [-0.39, 0.29) is 0 Å². The molecule has 0 aromatic heterocycles. The molecule has 2 fully saturated rings. The predicted octanol–water partition coefficient (Wildman–Crippen LogP) is 1.63. The van der Waals surface area contributed by atoms with Gasteiger partial charge in [-0.1, -0.05) is 19.3 Å². The summed E-state index contributed by atoms with van der Waals surface area (Å²) in [6, 6.07) is 0.670. The summed E-state index contributed by atoms with van der Waals surface area (Å²) in [6.07, 6.45) is 7.29. The maximum atomic E-state index is 5.97. The van der Waals surface area contributed by atoms with Gasteiger partial charge in [-0.15, -0.1) is 0 Å². The average molecular weight is 226 g/mol. The third-order valence-corrected chi connectivity index (χ3v) is 3.92. The van der Waals surface area contributed by atoms with E-state index in [9.17, 15) is 0 Å². The molecule has 0 aromatic rings. The van der Waals surface area contributed by atoms with Crippen LogP contribution in [0.3, 0.4) is 0 Å². The first-order chi connectivity index (χ1) is 7.86. The summed E-state index contributed by atoms with van der Waals surface area (Å²) >= 11 is 0. The number of rotatable bonds is 4. The third kappa shape index (κ3) is 3.72. The fraction of sp³-hybridized carbons (Fsp3) is 1.00. The van der Waals surface area contributed by atoms with Crippen LogP contribution in [0.15, 0.2) is 0 Å². The smallest absolute Gasteiger partial charge is 0.0597 e. The number of nitrogens with one attached hydrogen (secondary N) is 1. The normalized spacial score (nSPS) is 29.4. The lowest BCUT2D eigenvalue weighted by Gasteiger charge is -2.34. The molecule has 1 aliphatic carbocycles. The highest BCUT2D eigenvalue weighted by Crippen LogP contribution is 2.20. The van der Waals surface area contributed by atoms with Crippen molar-refractivity contribution in [2.75, 3.05) is 32.8 Å². The van der Waals surface area contributed by atoms with E-state index in [4.69, 9.17) is 4.74 Å². The van der Waals surface area contributed by atoms with Crippen molar-refractivity contribution in [3.05, 3.63) is 0 Å². The van der Waals surface area contributed by atoms with E-state index < -0.39 is 0 Å². The van der Waals surface area contributed by atoms with Crippen LogP contribution in [0, 0.1) is 0 Å². The van der Waals surface area contributed by atoms with Gasteiger partial charge in [0.25, 0.3) is 0 Å². The number of piperazine rings is 1. The molecule has 1 atom stereocenters. The Hall–Kier alpha value is -0.120. The zero-order valence-electron chi connectivity index (χ0n) is 10.6. The molecule has 1 N–H and O–H groups in total. The Morgan fingerprint density at radius 3 is 2.81 bits per heavy atom. The van der Waals surface area contributed by atoms with Gasteiger partial charge in [-0.25, -0.2) is 0 Å². The fourth-order valence-electron chi connectivity index (χ4n) is 2.78. The summed E-state index contributed by atoms with van der Waals surface area (Å²) in [5.41, 5.74) is 0. The molecular weight excluding hydrogens is 200 g/mol. The predicted molar refractivity (Wildman–Crippen MR) is 66.7 cm³/mol. The Morgan fingerprint density at radius 1 is 1.25 bits per heavy atom. The molecule has 3 heteroatoms. The first-order valence-corrected chi connectivity index (χ1v) is 6.92. The van der Waals surface area contributed by atoms with Crippen LogP contribution in [0.4, 0.5) is 0 Å². The van der Waals surface area contributed by atoms with E-state index in [0.29, 0.717) is 12.1 Å². The molecular formula is C13H26N2O. The SMILES string of the molecule is CC1CNCCN1CCOC1CCCCC1. The minimum Gasteiger partial charge on any atom is -0.377 e. The van der Waals surface area contributed by atoms with Crippen LogP contribution in [-0.2, 0) is 4.74 Å². The van der Waals surface area contributed by atoms with E-state index in [1.165, 1.54) is 38.6 Å². The van der Waals surface area contributed by atoms with Crippen molar-refractivity contribution in [2.45, 2.75) is 51.2 Å². The van der Waals surface area contributed by atoms with Gasteiger partial charge in [-0.2, -0.15) is 0 Å². The molecule has 3 nitrogen and oxygen atoms in total. The topological polar surface area (TPSA) is 24.5 Å². The monoisotopic (exact) mass is 226 g/mol. The lowest BCUT2D eigenvalue weighted by Crippen LogP contribution is -2.50. The lowest BCUT2D eigenvalue weighted by atomic mass is 9.98. The van der Waals surface area contributed by atoms with Gasteiger partial charge in [0.1, 0.15) is 0 Å². The number of ether oxygens (including phenoxy) is 1. The van der Waals surface area contributed by atoms with E-state index in [1.807, 2.05) is 0 Å². The molecule has 1 saturated carbocycles. The second-order valence-electron chi connectivity index (χ2n) is 5.22. The zero-order valence-corrected chi connectivity index (χ0v) is 10.6. The first kappa shape index (κ1) is 12.3. The van der Waals surface area contributed by atoms with Gasteiger partial charge in [0, 0.05) is 32.2 Å². The summed E-state index contributed by atoms with van der Waals surface area (Å²) in [6.45, 7) is 7.77. The van der Waals surface area contributed by atoms with Crippen LogP contribution in [0.2, 0.25) is 0 Å². The number of hydrogen-bond acceptors (Lipinski definition) is 3. The summed E-state index contributed by atoms with van der Waals surface area (Å²) in [5, 5.41) is 3.42. The van der Waals surface area contributed by atoms with Gasteiger partial charge >= 0.3 is 0 Å². The van der Waals surface area contributed by atoms with Gasteiger partial charge in [0.2, 0.25) is 0 Å². The van der Waals surface area contributed by atoms with Crippen LogP contribution in [0.5, 0.6) is 0 Å². The second-order valence-corrected chi connectivity index (χ2v) is 5.22. The third-order valence-electron chi connectivity index (χ3n) is 3.92. The van der Waals surface area contributed by atoms with Gasteiger partial charge in [0.15, 0.2) is 0 Å². The molecule has 1 saturated heterocycles. The maximum Gasteiger partial charge on any atom is 0.0597 e. The Morgan fingerprint density at radius 2 is 2.06 bits per heavy atom. The van der Waals surface area contributed by atoms with Crippen LogP contribution in [0.1, 0.15) is 39.0 Å². The van der Waals surface area contributed by atoms with Crippen molar-refractivity contribution in [2.24, 2.45) is 0 Å². The fourth-order valence-corrected chi connectivity index (χ4v) is 2.78. The van der Waals surface area contributed by atoms with Gasteiger partial charge in [-0.3, -0.25) is 4.90 Å². The van der Waals surface area contributed by atoms with Gasteiger partial charge < -0.3 is 10.1 Å². The minimum absolute atomic E-state index is 0.562. The van der Waals surface area contributed by atoms with Crippen molar-refractivity contribution in [3.63, 3.8) is 0 Å². The molecule has 0 radical (unpaired) electrons. The van der Waals surface area contributed by atoms with Crippen molar-refractivity contribution in [3.8, 4) is 0 Å². The van der Waals surface area contributed by atoms with E-state index in [0.717, 1.165) is 26.2 Å². The maximum absolute atomic E-state index is 5.97. The molecule has 1 aliphatic heterocycles. The highest BCUT2D eigenvalue weighted by molar-refractivity contribution is 4.75. The average Bonchev–Trinajstić information content (AvgIpc) is 2.33. The summed E-state index contributed by atoms with van der Waals surface area (Å²) in [7, 11) is 0. The Balaban J connectivity index is 1.59. The minimum atomic E-state index is 0.562. The molecule has 2 rings (SSSR count). The molecule has 94 valence electrons. The Bertz CT molecular complexity index is 192. The van der Waals surface area contributed by atoms with Gasteiger partial charge in [-0.05, 0) is 19.8 Å². The molecule has 1 heterocycles. The highest BCUT2D eigenvalue weighted by atomic mass is 16.5. The first-order valence-electron chi connectivity index (χ1n) is 6.92. The zero-order chi connectivity index (χ0) is 11.2. The van der Waals surface area contributed by atoms with E-state index in [1.54, 1.807) is 0 Å². The van der Waals surface area contributed by atoms with Crippen molar-refractivity contribution >= 4 is 0 Å². The second kappa shape index (κ2) is 6.58. The van der Waals surface area contributed by atoms with E-state index >= 15 is 0 Å². The van der Waals surface area contributed by atoms with Crippen LogP contribution in [-0.4, -0.2) is 49.8 Å². The molecule has 0 aromatic carbocycles. The molecule has 0 bridgehead atoms. The quantitative estimate of drug-likeness (QED) is 0.788. The lowest BCUT2D eigenvalue weighted by molar-refractivity contribution is 0.00878. The summed E-state index contributed by atoms with van der Waals surface area (Å²) in [4.78, 5) is 2.54. The summed E-state index contributed by atoms with van der Waals surface area (Å²) in [5.74, 6) is 0. The number of hydrogen-bond donors (Lipinski definition) is 1. The van der Waals surface area contributed by atoms with Crippen molar-refractivity contribution in [1.82, 2.24) is 10.2 Å². The number of nitrogens with zero attached hydrogens (tertiary/aromatic N) is 1.